The summed E-state index contributed by atoms with van der Waals surface area (Å²) in [5.74, 6) is -1.71. The van der Waals surface area contributed by atoms with Crippen LogP contribution >= 0.6 is 0 Å². The third-order valence-corrected chi connectivity index (χ3v) is 2.16. The average Bonchev–Trinajstić information content (AvgIpc) is 2.25. The lowest BCUT2D eigenvalue weighted by Gasteiger charge is -2.05. The second-order valence-electron chi connectivity index (χ2n) is 3.40. The normalized spacial score (nSPS) is 11.5. The maximum Gasteiger partial charge on any atom is 0.449 e. The number of aliphatic hydroxyl groups is 1. The molecule has 1 N–H and O–H groups in total. The van der Waals surface area contributed by atoms with E-state index in [1.807, 2.05) is 0 Å². The summed E-state index contributed by atoms with van der Waals surface area (Å²) in [7, 11) is 0. The lowest BCUT2D eigenvalue weighted by molar-refractivity contribution is -0.171. The molecular weight excluding hydrogens is 221 g/mol. The Balaban J connectivity index is 2.52. The van der Waals surface area contributed by atoms with Crippen LogP contribution in [0.1, 0.15) is 17.5 Å². The Morgan fingerprint density at radius 1 is 1.12 bits per heavy atom. The molecule has 2 nitrogen and oxygen atoms in total. The number of halogens is 3. The zero-order valence-corrected chi connectivity index (χ0v) is 8.42. The summed E-state index contributed by atoms with van der Waals surface area (Å²) in [6, 6.07) is 6.45. The van der Waals surface area contributed by atoms with E-state index in [0.29, 0.717) is 11.1 Å². The molecule has 0 aliphatic carbocycles. The maximum atomic E-state index is 11.9. The topological polar surface area (TPSA) is 37.3 Å². The van der Waals surface area contributed by atoms with E-state index in [1.54, 1.807) is 24.3 Å². The third kappa shape index (κ3) is 3.66. The Morgan fingerprint density at radius 3 is 2.06 bits per heavy atom. The fraction of sp³-hybridized carbons (Fsp3) is 0.364. The lowest BCUT2D eigenvalue weighted by atomic mass is 10.1. The minimum atomic E-state index is -4.75. The molecule has 0 aliphatic rings. The SMILES string of the molecule is O=C(CCc1ccc(CO)cc1)C(F)(F)F. The Bertz CT molecular complexity index is 354. The van der Waals surface area contributed by atoms with Gasteiger partial charge < -0.3 is 5.11 Å². The van der Waals surface area contributed by atoms with Crippen LogP contribution < -0.4 is 0 Å². The van der Waals surface area contributed by atoms with E-state index >= 15 is 0 Å². The van der Waals surface area contributed by atoms with Crippen LogP contribution in [-0.4, -0.2) is 17.1 Å². The highest BCUT2D eigenvalue weighted by atomic mass is 19.4. The van der Waals surface area contributed by atoms with Crippen molar-refractivity contribution in [2.75, 3.05) is 0 Å². The molecule has 0 spiro atoms. The molecule has 0 atom stereocenters. The molecule has 0 saturated heterocycles. The molecule has 16 heavy (non-hydrogen) atoms. The third-order valence-electron chi connectivity index (χ3n) is 2.16. The fourth-order valence-electron chi connectivity index (χ4n) is 1.21. The first-order chi connectivity index (χ1) is 7.43. The molecule has 1 aromatic rings. The van der Waals surface area contributed by atoms with E-state index in [4.69, 9.17) is 5.11 Å². The second-order valence-corrected chi connectivity index (χ2v) is 3.40. The van der Waals surface area contributed by atoms with Crippen LogP contribution in [0.3, 0.4) is 0 Å². The highest BCUT2D eigenvalue weighted by Crippen LogP contribution is 2.19. The van der Waals surface area contributed by atoms with E-state index in [1.165, 1.54) is 0 Å². The van der Waals surface area contributed by atoms with Crippen LogP contribution in [0.4, 0.5) is 13.2 Å². The predicted molar refractivity (Wildman–Crippen MR) is 51.7 cm³/mol. The number of alkyl halides is 3. The first-order valence-corrected chi connectivity index (χ1v) is 4.72. The van der Waals surface area contributed by atoms with Crippen LogP contribution in [0.5, 0.6) is 0 Å². The van der Waals surface area contributed by atoms with Gasteiger partial charge in [-0.25, -0.2) is 0 Å². The number of rotatable bonds is 4. The van der Waals surface area contributed by atoms with Crippen molar-refractivity contribution in [3.8, 4) is 0 Å². The number of benzene rings is 1. The van der Waals surface area contributed by atoms with Gasteiger partial charge in [0.25, 0.3) is 0 Å². The number of aryl methyl sites for hydroxylation is 1. The van der Waals surface area contributed by atoms with E-state index in [2.05, 4.69) is 0 Å². The molecule has 1 rings (SSSR count). The molecule has 0 aliphatic heterocycles. The minimum Gasteiger partial charge on any atom is -0.392 e. The fourth-order valence-corrected chi connectivity index (χ4v) is 1.21. The van der Waals surface area contributed by atoms with Crippen molar-refractivity contribution in [1.29, 1.82) is 0 Å². The van der Waals surface area contributed by atoms with Crippen LogP contribution in [0.25, 0.3) is 0 Å². The van der Waals surface area contributed by atoms with Gasteiger partial charge >= 0.3 is 6.18 Å². The van der Waals surface area contributed by atoms with Gasteiger partial charge in [-0.05, 0) is 17.5 Å². The molecule has 0 amide bonds. The van der Waals surface area contributed by atoms with Crippen molar-refractivity contribution in [3.05, 3.63) is 35.4 Å². The molecule has 5 heteroatoms. The van der Waals surface area contributed by atoms with Crippen LogP contribution in [0.2, 0.25) is 0 Å². The van der Waals surface area contributed by atoms with Crippen molar-refractivity contribution in [2.24, 2.45) is 0 Å². The van der Waals surface area contributed by atoms with Crippen molar-refractivity contribution in [1.82, 2.24) is 0 Å². The maximum absolute atomic E-state index is 11.9. The molecule has 1 aromatic carbocycles. The first kappa shape index (κ1) is 12.7. The monoisotopic (exact) mass is 232 g/mol. The quantitative estimate of drug-likeness (QED) is 0.864. The summed E-state index contributed by atoms with van der Waals surface area (Å²) in [6.45, 7) is -0.109. The molecule has 0 unspecified atom stereocenters. The zero-order valence-electron chi connectivity index (χ0n) is 8.42. The average molecular weight is 232 g/mol. The summed E-state index contributed by atoms with van der Waals surface area (Å²) in [5.41, 5.74) is 1.33. The van der Waals surface area contributed by atoms with Crippen molar-refractivity contribution >= 4 is 5.78 Å². The number of carbonyl (C=O) groups excluding carboxylic acids is 1. The minimum absolute atomic E-state index is 0.0596. The predicted octanol–water partition coefficient (Wildman–Crippen LogP) is 2.24. The van der Waals surface area contributed by atoms with Gasteiger partial charge in [-0.15, -0.1) is 0 Å². The Hall–Kier alpha value is -1.36. The van der Waals surface area contributed by atoms with Gasteiger partial charge in [-0.2, -0.15) is 13.2 Å². The van der Waals surface area contributed by atoms with Gasteiger partial charge in [0.1, 0.15) is 0 Å². The molecule has 0 aromatic heterocycles. The molecule has 0 radical (unpaired) electrons. The standard InChI is InChI=1S/C11H11F3O2/c12-11(13,14)10(16)6-5-8-1-3-9(7-15)4-2-8/h1-4,15H,5-7H2. The lowest BCUT2D eigenvalue weighted by Crippen LogP contribution is -2.22. The van der Waals surface area contributed by atoms with Gasteiger partial charge in [-0.3, -0.25) is 4.79 Å². The molecule has 0 heterocycles. The molecule has 0 bridgehead atoms. The number of ketones is 1. The van der Waals surface area contributed by atoms with Gasteiger partial charge in [0.2, 0.25) is 5.78 Å². The number of hydrogen-bond donors (Lipinski definition) is 1. The first-order valence-electron chi connectivity index (χ1n) is 4.72. The van der Waals surface area contributed by atoms with E-state index < -0.39 is 18.4 Å². The van der Waals surface area contributed by atoms with Crippen LogP contribution in [0, 0.1) is 0 Å². The molecule has 88 valence electrons. The smallest absolute Gasteiger partial charge is 0.392 e. The number of Topliss-reactive ketones (excluding diaryl/α,β-unsaturated/α-hetero) is 1. The summed E-state index contributed by atoms with van der Waals surface area (Å²) in [5, 5.41) is 8.75. The summed E-state index contributed by atoms with van der Waals surface area (Å²) in [6.07, 6.45) is -5.23. The van der Waals surface area contributed by atoms with Crippen molar-refractivity contribution < 1.29 is 23.1 Å². The molecular formula is C11H11F3O2. The molecule has 0 saturated carbocycles. The number of carbonyl (C=O) groups is 1. The van der Waals surface area contributed by atoms with Gasteiger partial charge in [0.15, 0.2) is 0 Å². The number of hydrogen-bond acceptors (Lipinski definition) is 2. The van der Waals surface area contributed by atoms with Crippen LogP contribution in [-0.2, 0) is 17.8 Å². The zero-order chi connectivity index (χ0) is 12.2. The Labute approximate surface area is 90.7 Å². The molecule has 0 fully saturated rings. The van der Waals surface area contributed by atoms with Crippen molar-refractivity contribution in [3.63, 3.8) is 0 Å². The largest absolute Gasteiger partial charge is 0.449 e. The van der Waals surface area contributed by atoms with Crippen molar-refractivity contribution in [2.45, 2.75) is 25.6 Å². The van der Waals surface area contributed by atoms with Crippen LogP contribution in [0.15, 0.2) is 24.3 Å². The summed E-state index contributed by atoms with van der Waals surface area (Å²) < 4.78 is 35.7. The second kappa shape index (κ2) is 5.12. The highest BCUT2D eigenvalue weighted by Gasteiger charge is 2.37. The van der Waals surface area contributed by atoms with Gasteiger partial charge in [0, 0.05) is 6.42 Å². The summed E-state index contributed by atoms with van der Waals surface area (Å²) in [4.78, 5) is 10.6. The van der Waals surface area contributed by atoms with Gasteiger partial charge in [0.05, 0.1) is 6.61 Å². The number of aliphatic hydroxyl groups excluding tert-OH is 1. The van der Waals surface area contributed by atoms with Gasteiger partial charge in [-0.1, -0.05) is 24.3 Å². The summed E-state index contributed by atoms with van der Waals surface area (Å²) >= 11 is 0. The highest BCUT2D eigenvalue weighted by molar-refractivity contribution is 5.84. The van der Waals surface area contributed by atoms with E-state index in [9.17, 15) is 18.0 Å². The van der Waals surface area contributed by atoms with E-state index in [0.717, 1.165) is 0 Å². The Morgan fingerprint density at radius 2 is 1.62 bits per heavy atom. The van der Waals surface area contributed by atoms with E-state index in [-0.39, 0.29) is 13.0 Å². The Kier molecular flexibility index (Phi) is 4.06.